The number of rotatable bonds is 3. The van der Waals surface area contributed by atoms with Crippen molar-refractivity contribution in [2.24, 2.45) is 5.10 Å². The molecule has 2 amide bonds. The van der Waals surface area contributed by atoms with Crippen LogP contribution in [-0.4, -0.2) is 25.1 Å². The van der Waals surface area contributed by atoms with Gasteiger partial charge < -0.3 is 10.2 Å². The third-order valence-electron chi connectivity index (χ3n) is 5.38. The molecule has 1 aliphatic heterocycles. The van der Waals surface area contributed by atoms with Crippen molar-refractivity contribution in [2.45, 2.75) is 33.1 Å². The normalized spacial score (nSPS) is 16.2. The number of allylic oxidation sites excluding steroid dienone is 2. The molecule has 29 heavy (non-hydrogen) atoms. The van der Waals surface area contributed by atoms with Gasteiger partial charge in [-0.25, -0.2) is 5.43 Å². The first kappa shape index (κ1) is 20.3. The number of para-hydroxylation sites is 1. The molecule has 0 saturated heterocycles. The van der Waals surface area contributed by atoms with Gasteiger partial charge in [0.15, 0.2) is 0 Å². The number of nitrogens with one attached hydrogen (secondary N) is 2. The van der Waals surface area contributed by atoms with Gasteiger partial charge in [-0.1, -0.05) is 38.1 Å². The van der Waals surface area contributed by atoms with Gasteiger partial charge in [0.05, 0.1) is 0 Å². The predicted octanol–water partition coefficient (Wildman–Crippen LogP) is 3.66. The Morgan fingerprint density at radius 1 is 1.03 bits per heavy atom. The van der Waals surface area contributed by atoms with Crippen molar-refractivity contribution in [3.05, 3.63) is 70.9 Å². The highest BCUT2D eigenvalue weighted by Crippen LogP contribution is 2.46. The van der Waals surface area contributed by atoms with Crippen molar-refractivity contribution in [1.82, 2.24) is 5.43 Å². The Balaban J connectivity index is 1.63. The highest BCUT2D eigenvalue weighted by Gasteiger charge is 2.37. The summed E-state index contributed by atoms with van der Waals surface area (Å²) in [5.74, 6) is -1.58. The summed E-state index contributed by atoms with van der Waals surface area (Å²) < 4.78 is 0. The molecule has 0 atom stereocenters. The monoisotopic (exact) mass is 390 g/mol. The van der Waals surface area contributed by atoms with Crippen molar-refractivity contribution in [2.75, 3.05) is 17.3 Å². The highest BCUT2D eigenvalue weighted by atomic mass is 16.2. The summed E-state index contributed by atoms with van der Waals surface area (Å²) in [6.45, 7) is 8.22. The fraction of sp³-hybridized carbons (Fsp3) is 0.261. The predicted molar refractivity (Wildman–Crippen MR) is 117 cm³/mol. The number of amides is 2. The van der Waals surface area contributed by atoms with Gasteiger partial charge >= 0.3 is 11.8 Å². The molecule has 150 valence electrons. The van der Waals surface area contributed by atoms with E-state index in [2.05, 4.69) is 46.7 Å². The molecular weight excluding hydrogens is 364 g/mol. The number of hydrogen-bond donors (Lipinski definition) is 2. The Labute approximate surface area is 171 Å². The standard InChI is InChI=1S/C23H26N4O2/c1-15-10-11-17(14-16(15)2)25-21(28)22(29)26-24-13-12-20-23(3,4)18-8-6-7-9-19(18)27(20)5/h6-14H,1-5H3,(H,25,28)(H,26,29). The molecule has 0 aliphatic carbocycles. The average molecular weight is 390 g/mol. The lowest BCUT2D eigenvalue weighted by atomic mass is 9.84. The number of hydrogen-bond acceptors (Lipinski definition) is 4. The number of fused-ring (bicyclic) bond motifs is 1. The molecule has 6 nitrogen and oxygen atoms in total. The van der Waals surface area contributed by atoms with Crippen LogP contribution in [0.15, 0.2) is 59.3 Å². The minimum Gasteiger partial charge on any atom is -0.347 e. The molecule has 3 rings (SSSR count). The molecular formula is C23H26N4O2. The quantitative estimate of drug-likeness (QED) is 0.477. The highest BCUT2D eigenvalue weighted by molar-refractivity contribution is 6.39. The van der Waals surface area contributed by atoms with Gasteiger partial charge in [0.25, 0.3) is 0 Å². The molecule has 0 spiro atoms. The largest absolute Gasteiger partial charge is 0.347 e. The minimum atomic E-state index is -0.819. The van der Waals surface area contributed by atoms with Crippen molar-refractivity contribution in [1.29, 1.82) is 0 Å². The zero-order chi connectivity index (χ0) is 21.2. The van der Waals surface area contributed by atoms with E-state index in [1.165, 1.54) is 11.8 Å². The summed E-state index contributed by atoms with van der Waals surface area (Å²) in [5.41, 5.74) is 8.26. The van der Waals surface area contributed by atoms with Gasteiger partial charge in [-0.3, -0.25) is 9.59 Å². The van der Waals surface area contributed by atoms with Crippen LogP contribution < -0.4 is 15.6 Å². The molecule has 6 heteroatoms. The van der Waals surface area contributed by atoms with Crippen LogP contribution >= 0.6 is 0 Å². The molecule has 1 aliphatic rings. The Hall–Kier alpha value is -3.41. The number of carbonyl (C=O) groups excluding carboxylic acids is 2. The minimum absolute atomic E-state index is 0.179. The summed E-state index contributed by atoms with van der Waals surface area (Å²) in [6.07, 6.45) is 3.35. The van der Waals surface area contributed by atoms with Gasteiger partial charge in [-0.2, -0.15) is 5.10 Å². The van der Waals surface area contributed by atoms with E-state index in [0.29, 0.717) is 5.69 Å². The number of aryl methyl sites for hydroxylation is 2. The van der Waals surface area contributed by atoms with Crippen LogP contribution in [0, 0.1) is 13.8 Å². The smallest absolute Gasteiger partial charge is 0.329 e. The lowest BCUT2D eigenvalue weighted by Crippen LogP contribution is -2.32. The van der Waals surface area contributed by atoms with Crippen molar-refractivity contribution >= 4 is 29.4 Å². The molecule has 0 bridgehead atoms. The SMILES string of the molecule is Cc1ccc(NC(=O)C(=O)NN=CC=C2N(C)c3ccccc3C2(C)C)cc1C. The summed E-state index contributed by atoms with van der Waals surface area (Å²) in [7, 11) is 2.00. The van der Waals surface area contributed by atoms with E-state index in [1.807, 2.05) is 51.2 Å². The summed E-state index contributed by atoms with van der Waals surface area (Å²) in [6, 6.07) is 13.7. The van der Waals surface area contributed by atoms with E-state index in [1.54, 1.807) is 6.07 Å². The van der Waals surface area contributed by atoms with Gasteiger partial charge in [0.2, 0.25) is 0 Å². The van der Waals surface area contributed by atoms with Crippen LogP contribution in [0.25, 0.3) is 0 Å². The number of nitrogens with zero attached hydrogens (tertiary/aromatic N) is 2. The van der Waals surface area contributed by atoms with E-state index in [9.17, 15) is 9.59 Å². The van der Waals surface area contributed by atoms with Crippen molar-refractivity contribution in [3.8, 4) is 0 Å². The first-order valence-electron chi connectivity index (χ1n) is 9.47. The number of likely N-dealkylation sites (N-methyl/N-ethyl adjacent to an activating group) is 1. The van der Waals surface area contributed by atoms with Crippen LogP contribution in [0.5, 0.6) is 0 Å². The first-order valence-corrected chi connectivity index (χ1v) is 9.47. The maximum atomic E-state index is 12.0. The van der Waals surface area contributed by atoms with Gasteiger partial charge in [0.1, 0.15) is 0 Å². The third kappa shape index (κ3) is 4.06. The number of anilines is 2. The number of hydrazone groups is 1. The topological polar surface area (TPSA) is 73.8 Å². The molecule has 0 radical (unpaired) electrons. The lowest BCUT2D eigenvalue weighted by molar-refractivity contribution is -0.136. The second kappa shape index (κ2) is 7.91. The number of benzene rings is 2. The van der Waals surface area contributed by atoms with Crippen LogP contribution in [0.4, 0.5) is 11.4 Å². The van der Waals surface area contributed by atoms with E-state index in [0.717, 1.165) is 22.5 Å². The molecule has 2 aromatic rings. The maximum Gasteiger partial charge on any atom is 0.329 e. The van der Waals surface area contributed by atoms with E-state index in [4.69, 9.17) is 0 Å². The van der Waals surface area contributed by atoms with E-state index < -0.39 is 11.8 Å². The van der Waals surface area contributed by atoms with E-state index in [-0.39, 0.29) is 5.41 Å². The van der Waals surface area contributed by atoms with Gasteiger partial charge in [-0.05, 0) is 54.8 Å². The molecule has 0 unspecified atom stereocenters. The van der Waals surface area contributed by atoms with Gasteiger partial charge in [-0.15, -0.1) is 0 Å². The van der Waals surface area contributed by atoms with Crippen molar-refractivity contribution < 1.29 is 9.59 Å². The molecule has 0 fully saturated rings. The Kier molecular flexibility index (Phi) is 5.55. The molecule has 0 saturated carbocycles. The average Bonchev–Trinajstić information content (AvgIpc) is 2.88. The zero-order valence-corrected chi connectivity index (χ0v) is 17.4. The molecule has 0 aromatic heterocycles. The summed E-state index contributed by atoms with van der Waals surface area (Å²) in [4.78, 5) is 26.1. The van der Waals surface area contributed by atoms with Crippen LogP contribution in [0.1, 0.15) is 30.5 Å². The third-order valence-corrected chi connectivity index (χ3v) is 5.38. The van der Waals surface area contributed by atoms with E-state index >= 15 is 0 Å². The molecule has 2 aromatic carbocycles. The fourth-order valence-electron chi connectivity index (χ4n) is 3.56. The molecule has 1 heterocycles. The van der Waals surface area contributed by atoms with Crippen LogP contribution in [0.2, 0.25) is 0 Å². The second-order valence-electron chi connectivity index (χ2n) is 7.73. The maximum absolute atomic E-state index is 12.0. The summed E-state index contributed by atoms with van der Waals surface area (Å²) in [5, 5.41) is 6.48. The Morgan fingerprint density at radius 2 is 1.76 bits per heavy atom. The lowest BCUT2D eigenvalue weighted by Gasteiger charge is -2.23. The van der Waals surface area contributed by atoms with Crippen LogP contribution in [-0.2, 0) is 15.0 Å². The Bertz CT molecular complexity index is 1020. The van der Waals surface area contributed by atoms with Gasteiger partial charge in [0, 0.05) is 35.7 Å². The zero-order valence-electron chi connectivity index (χ0n) is 17.4. The second-order valence-corrected chi connectivity index (χ2v) is 7.73. The number of carbonyl (C=O) groups is 2. The fourth-order valence-corrected chi connectivity index (χ4v) is 3.56. The summed E-state index contributed by atoms with van der Waals surface area (Å²) >= 11 is 0. The molecule has 2 N–H and O–H groups in total. The first-order chi connectivity index (χ1) is 13.7. The van der Waals surface area contributed by atoms with Crippen LogP contribution in [0.3, 0.4) is 0 Å². The Morgan fingerprint density at radius 3 is 2.45 bits per heavy atom. The van der Waals surface area contributed by atoms with Crippen molar-refractivity contribution in [3.63, 3.8) is 0 Å².